The first kappa shape index (κ1) is 30.5. The Labute approximate surface area is 269 Å². The number of ether oxygens (including phenoxy) is 2. The Morgan fingerprint density at radius 1 is 1.02 bits per heavy atom. The number of hydrogen-bond acceptors (Lipinski definition) is 7. The third kappa shape index (κ3) is 6.75. The number of nitrogens with one attached hydrogen (secondary N) is 1. The van der Waals surface area contributed by atoms with Crippen LogP contribution in [0.3, 0.4) is 0 Å². The lowest BCUT2D eigenvalue weighted by Gasteiger charge is -2.30. The number of benzene rings is 3. The van der Waals surface area contributed by atoms with Crippen molar-refractivity contribution in [2.75, 3.05) is 5.32 Å². The largest absolute Gasteiger partial charge is 0.489 e. The quantitative estimate of drug-likeness (QED) is 0.143. The number of nitrogens with zero attached hydrogens (tertiary/aromatic N) is 3. The third-order valence-electron chi connectivity index (χ3n) is 7.83. The number of anilines is 1. The van der Waals surface area contributed by atoms with Crippen LogP contribution in [-0.4, -0.2) is 26.8 Å². The van der Waals surface area contributed by atoms with Gasteiger partial charge in [0.2, 0.25) is 11.1 Å². The molecule has 0 saturated heterocycles. The van der Waals surface area contributed by atoms with Crippen LogP contribution in [0.4, 0.5) is 10.3 Å². The predicted octanol–water partition coefficient (Wildman–Crippen LogP) is 8.76. The molecule has 7 nitrogen and oxygen atoms in total. The topological polar surface area (TPSA) is 78.3 Å². The first-order valence-corrected chi connectivity index (χ1v) is 16.3. The van der Waals surface area contributed by atoms with E-state index in [0.717, 1.165) is 43.2 Å². The van der Waals surface area contributed by atoms with E-state index in [1.165, 1.54) is 17.8 Å². The molecule has 0 spiro atoms. The molecule has 1 fully saturated rings. The Balaban J connectivity index is 1.28. The number of thioether (sulfide) groups is 1. The molecule has 1 atom stereocenters. The number of halogens is 3. The van der Waals surface area contributed by atoms with Gasteiger partial charge in [0.1, 0.15) is 30.3 Å². The Morgan fingerprint density at radius 2 is 1.77 bits per heavy atom. The Bertz CT molecular complexity index is 1670. The third-order valence-corrected chi connectivity index (χ3v) is 9.44. The first-order chi connectivity index (χ1) is 21.4. The number of aromatic nitrogens is 3. The van der Waals surface area contributed by atoms with Gasteiger partial charge in [-0.2, -0.15) is 4.98 Å². The standard InChI is InChI=1S/C33H31Cl2FN4O3S/c1-20-29(31(41)43-24-9-3-2-4-10-24)30(21-14-16-23(17-15-21)42-18-25-27(35)12-7-13-28(25)36)40-32(37-20)38-33(39-40)44-19-22-8-5-6-11-26(22)34/h5-8,11-17,24,30H,2-4,9-10,18-19H2,1H3,(H,37,38,39). The van der Waals surface area contributed by atoms with Gasteiger partial charge in [0, 0.05) is 22.0 Å². The molecule has 4 aromatic rings. The van der Waals surface area contributed by atoms with Gasteiger partial charge in [0.25, 0.3) is 0 Å². The highest BCUT2D eigenvalue weighted by Gasteiger charge is 2.36. The number of carbonyl (C=O) groups is 1. The summed E-state index contributed by atoms with van der Waals surface area (Å²) in [6.07, 6.45) is 4.90. The zero-order chi connectivity index (χ0) is 30.6. The molecule has 44 heavy (non-hydrogen) atoms. The number of carbonyl (C=O) groups excluding carboxylic acids is 1. The molecular weight excluding hydrogens is 622 g/mol. The van der Waals surface area contributed by atoms with Crippen LogP contribution in [0.2, 0.25) is 10.0 Å². The van der Waals surface area contributed by atoms with Gasteiger partial charge >= 0.3 is 5.97 Å². The maximum absolute atomic E-state index is 14.3. The molecule has 1 aliphatic heterocycles. The lowest BCUT2D eigenvalue weighted by atomic mass is 9.95. The van der Waals surface area contributed by atoms with Crippen molar-refractivity contribution in [2.45, 2.75) is 68.7 Å². The van der Waals surface area contributed by atoms with Crippen LogP contribution in [0.1, 0.15) is 61.8 Å². The lowest BCUT2D eigenvalue weighted by Crippen LogP contribution is -2.32. The zero-order valence-corrected chi connectivity index (χ0v) is 26.4. The van der Waals surface area contributed by atoms with Gasteiger partial charge in [-0.05, 0) is 74.1 Å². The van der Waals surface area contributed by atoms with Crippen LogP contribution in [0, 0.1) is 5.82 Å². The van der Waals surface area contributed by atoms with Crippen LogP contribution < -0.4 is 10.1 Å². The van der Waals surface area contributed by atoms with Gasteiger partial charge in [-0.15, -0.1) is 5.10 Å². The van der Waals surface area contributed by atoms with E-state index in [-0.39, 0.29) is 24.2 Å². The highest BCUT2D eigenvalue weighted by atomic mass is 35.5. The van der Waals surface area contributed by atoms with Gasteiger partial charge in [-0.1, -0.05) is 77.8 Å². The van der Waals surface area contributed by atoms with Crippen LogP contribution >= 0.6 is 35.0 Å². The molecule has 1 saturated carbocycles. The van der Waals surface area contributed by atoms with Gasteiger partial charge in [-0.3, -0.25) is 0 Å². The minimum absolute atomic E-state index is 0.0184. The normalized spacial score (nSPS) is 16.8. The molecule has 2 heterocycles. The average molecular weight is 654 g/mol. The molecule has 0 radical (unpaired) electrons. The van der Waals surface area contributed by atoms with Crippen molar-refractivity contribution in [3.05, 3.63) is 111 Å². The van der Waals surface area contributed by atoms with E-state index >= 15 is 0 Å². The first-order valence-electron chi connectivity index (χ1n) is 14.5. The van der Waals surface area contributed by atoms with Crippen molar-refractivity contribution in [3.8, 4) is 5.75 Å². The van der Waals surface area contributed by atoms with Gasteiger partial charge < -0.3 is 14.8 Å². The minimum Gasteiger partial charge on any atom is -0.489 e. The summed E-state index contributed by atoms with van der Waals surface area (Å²) in [7, 11) is 0. The number of rotatable bonds is 9. The highest BCUT2D eigenvalue weighted by Crippen LogP contribution is 2.38. The van der Waals surface area contributed by atoms with Gasteiger partial charge in [-0.25, -0.2) is 13.9 Å². The van der Waals surface area contributed by atoms with E-state index in [1.807, 2.05) is 43.3 Å². The highest BCUT2D eigenvalue weighted by molar-refractivity contribution is 7.98. The maximum Gasteiger partial charge on any atom is 0.338 e. The van der Waals surface area contributed by atoms with E-state index < -0.39 is 11.9 Å². The van der Waals surface area contributed by atoms with E-state index in [2.05, 4.69) is 5.32 Å². The number of allylic oxidation sites excluding steroid dienone is 1. The molecule has 2 aliphatic rings. The Kier molecular flexibility index (Phi) is 9.44. The second-order valence-corrected chi connectivity index (χ2v) is 12.6. The summed E-state index contributed by atoms with van der Waals surface area (Å²) in [5, 5.41) is 9.63. The number of esters is 1. The molecule has 1 N–H and O–H groups in total. The second kappa shape index (κ2) is 13.6. The molecular formula is C33H31Cl2FN4O3S. The predicted molar refractivity (Wildman–Crippen MR) is 171 cm³/mol. The fourth-order valence-electron chi connectivity index (χ4n) is 5.49. The minimum atomic E-state index is -0.584. The van der Waals surface area contributed by atoms with Gasteiger partial charge in [0.05, 0.1) is 10.6 Å². The molecule has 1 aromatic heterocycles. The SMILES string of the molecule is CC1=C(C(=O)OC2CCCCC2)C(c2ccc(OCc3c(F)cccc3Cl)cc2)n2nc(SCc3ccccc3Cl)nc2N1. The Morgan fingerprint density at radius 3 is 2.52 bits per heavy atom. The molecule has 3 aromatic carbocycles. The van der Waals surface area contributed by atoms with E-state index in [1.54, 1.807) is 28.9 Å². The van der Waals surface area contributed by atoms with E-state index in [0.29, 0.717) is 43.9 Å². The van der Waals surface area contributed by atoms with Crippen LogP contribution in [-0.2, 0) is 21.9 Å². The van der Waals surface area contributed by atoms with Crippen molar-refractivity contribution in [3.63, 3.8) is 0 Å². The van der Waals surface area contributed by atoms with Crippen molar-refractivity contribution in [1.29, 1.82) is 0 Å². The van der Waals surface area contributed by atoms with Crippen molar-refractivity contribution >= 4 is 46.9 Å². The van der Waals surface area contributed by atoms with Crippen LogP contribution in [0.25, 0.3) is 0 Å². The summed E-state index contributed by atoms with van der Waals surface area (Å²) in [4.78, 5) is 18.5. The van der Waals surface area contributed by atoms with E-state index in [4.69, 9.17) is 42.8 Å². The molecule has 228 valence electrons. The van der Waals surface area contributed by atoms with Crippen LogP contribution in [0.5, 0.6) is 5.75 Å². The molecule has 0 amide bonds. The fourth-order valence-corrected chi connectivity index (χ4v) is 6.83. The summed E-state index contributed by atoms with van der Waals surface area (Å²) in [5.41, 5.74) is 3.20. The maximum atomic E-state index is 14.3. The van der Waals surface area contributed by atoms with E-state index in [9.17, 15) is 9.18 Å². The smallest absolute Gasteiger partial charge is 0.338 e. The lowest BCUT2D eigenvalue weighted by molar-refractivity contribution is -0.146. The monoisotopic (exact) mass is 652 g/mol. The van der Waals surface area contributed by atoms with Crippen molar-refractivity contribution < 1.29 is 18.7 Å². The summed E-state index contributed by atoms with van der Waals surface area (Å²) in [6, 6.07) is 18.9. The van der Waals surface area contributed by atoms with Crippen molar-refractivity contribution in [1.82, 2.24) is 14.8 Å². The molecule has 11 heteroatoms. The Hall–Kier alpha value is -3.53. The average Bonchev–Trinajstić information content (AvgIpc) is 3.43. The molecule has 0 bridgehead atoms. The summed E-state index contributed by atoms with van der Waals surface area (Å²) >= 11 is 14.0. The molecule has 1 aliphatic carbocycles. The van der Waals surface area contributed by atoms with Gasteiger partial charge in [0.15, 0.2) is 0 Å². The molecule has 1 unspecified atom stereocenters. The van der Waals surface area contributed by atoms with Crippen LogP contribution in [0.15, 0.2) is 83.2 Å². The number of fused-ring (bicyclic) bond motifs is 1. The second-order valence-electron chi connectivity index (χ2n) is 10.8. The summed E-state index contributed by atoms with van der Waals surface area (Å²) < 4.78 is 27.9. The summed E-state index contributed by atoms with van der Waals surface area (Å²) in [5.74, 6) is 0.858. The fraction of sp³-hybridized carbons (Fsp3) is 0.303. The summed E-state index contributed by atoms with van der Waals surface area (Å²) in [6.45, 7) is 1.84. The number of hydrogen-bond donors (Lipinski definition) is 1. The molecule has 6 rings (SSSR count). The zero-order valence-electron chi connectivity index (χ0n) is 24.1. The van der Waals surface area contributed by atoms with Crippen molar-refractivity contribution in [2.24, 2.45) is 0 Å².